The number of anilines is 1. The van der Waals surface area contributed by atoms with Gasteiger partial charge in [-0.1, -0.05) is 35.9 Å². The Morgan fingerprint density at radius 1 is 1.15 bits per heavy atom. The highest BCUT2D eigenvalue weighted by Crippen LogP contribution is 2.40. The molecule has 1 saturated carbocycles. The topological polar surface area (TPSA) is 58.2 Å². The molecular weight excluding hydrogens is 367 g/mol. The molecule has 0 bridgehead atoms. The Kier molecular flexibility index (Phi) is 5.80. The fourth-order valence-corrected chi connectivity index (χ4v) is 3.59. The number of hydrogen-bond donors (Lipinski definition) is 2. The van der Waals surface area contributed by atoms with Crippen LogP contribution in [0.2, 0.25) is 5.02 Å². The third-order valence-electron chi connectivity index (χ3n) is 4.80. The number of hydrogen-bond acceptors (Lipinski definition) is 2. The van der Waals surface area contributed by atoms with Crippen LogP contribution in [-0.2, 0) is 16.0 Å². The van der Waals surface area contributed by atoms with Gasteiger partial charge in [0.1, 0.15) is 5.82 Å². The minimum Gasteiger partial charge on any atom is -0.356 e. The highest BCUT2D eigenvalue weighted by atomic mass is 35.5. The van der Waals surface area contributed by atoms with E-state index in [1.54, 1.807) is 24.3 Å². The van der Waals surface area contributed by atoms with Crippen molar-refractivity contribution in [2.24, 2.45) is 11.8 Å². The molecule has 2 N–H and O–H groups in total. The second-order valence-electron chi connectivity index (χ2n) is 7.01. The van der Waals surface area contributed by atoms with Gasteiger partial charge in [-0.15, -0.1) is 0 Å². The molecule has 1 aliphatic rings. The van der Waals surface area contributed by atoms with Crippen LogP contribution in [0, 0.1) is 31.5 Å². The zero-order chi connectivity index (χ0) is 19.6. The number of amides is 2. The number of nitrogens with one attached hydrogen (secondary N) is 2. The molecule has 0 aromatic heterocycles. The molecule has 2 aromatic rings. The smallest absolute Gasteiger partial charge is 0.228 e. The minimum atomic E-state index is -0.352. The van der Waals surface area contributed by atoms with Crippen LogP contribution in [0.5, 0.6) is 0 Å². The van der Waals surface area contributed by atoms with Gasteiger partial charge in [0.15, 0.2) is 0 Å². The molecule has 27 heavy (non-hydrogen) atoms. The molecule has 142 valence electrons. The lowest BCUT2D eigenvalue weighted by Gasteiger charge is -2.11. The first-order valence-electron chi connectivity index (χ1n) is 8.95. The maximum atomic E-state index is 13.6. The Morgan fingerprint density at radius 3 is 2.56 bits per heavy atom. The zero-order valence-corrected chi connectivity index (χ0v) is 16.1. The van der Waals surface area contributed by atoms with Crippen LogP contribution < -0.4 is 10.6 Å². The first kappa shape index (κ1) is 19.4. The zero-order valence-electron chi connectivity index (χ0n) is 15.3. The summed E-state index contributed by atoms with van der Waals surface area (Å²) in [5.74, 6) is -1.33. The molecule has 2 unspecified atom stereocenters. The normalized spacial score (nSPS) is 18.1. The number of aryl methyl sites for hydroxylation is 2. The van der Waals surface area contributed by atoms with E-state index in [2.05, 4.69) is 10.6 Å². The molecule has 3 rings (SSSR count). The van der Waals surface area contributed by atoms with Gasteiger partial charge in [-0.25, -0.2) is 4.39 Å². The van der Waals surface area contributed by atoms with Gasteiger partial charge in [0.05, 0.1) is 22.5 Å². The maximum absolute atomic E-state index is 13.6. The van der Waals surface area contributed by atoms with Crippen molar-refractivity contribution in [2.75, 3.05) is 11.9 Å². The van der Waals surface area contributed by atoms with E-state index in [4.69, 9.17) is 11.6 Å². The first-order chi connectivity index (χ1) is 12.9. The van der Waals surface area contributed by atoms with E-state index in [0.29, 0.717) is 35.7 Å². The summed E-state index contributed by atoms with van der Waals surface area (Å²) in [6.07, 6.45) is 0.931. The molecule has 2 amide bonds. The highest BCUT2D eigenvalue weighted by molar-refractivity contribution is 6.34. The van der Waals surface area contributed by atoms with Gasteiger partial charge in [-0.2, -0.15) is 0 Å². The molecule has 2 atom stereocenters. The van der Waals surface area contributed by atoms with Crippen molar-refractivity contribution in [3.05, 3.63) is 63.9 Å². The van der Waals surface area contributed by atoms with E-state index in [1.165, 1.54) is 6.07 Å². The van der Waals surface area contributed by atoms with Gasteiger partial charge in [0.25, 0.3) is 0 Å². The van der Waals surface area contributed by atoms with Crippen molar-refractivity contribution in [2.45, 2.75) is 26.7 Å². The van der Waals surface area contributed by atoms with Gasteiger partial charge in [0, 0.05) is 6.54 Å². The lowest BCUT2D eigenvalue weighted by atomic mass is 10.1. The van der Waals surface area contributed by atoms with Crippen molar-refractivity contribution in [1.82, 2.24) is 5.32 Å². The summed E-state index contributed by atoms with van der Waals surface area (Å²) in [5, 5.41) is 6.12. The van der Waals surface area contributed by atoms with Gasteiger partial charge in [-0.3, -0.25) is 9.59 Å². The van der Waals surface area contributed by atoms with E-state index >= 15 is 0 Å². The van der Waals surface area contributed by atoms with E-state index in [1.807, 2.05) is 19.9 Å². The monoisotopic (exact) mass is 388 g/mol. The summed E-state index contributed by atoms with van der Waals surface area (Å²) < 4.78 is 13.6. The largest absolute Gasteiger partial charge is 0.356 e. The lowest BCUT2D eigenvalue weighted by molar-refractivity contribution is -0.125. The Balaban J connectivity index is 1.49. The van der Waals surface area contributed by atoms with Crippen LogP contribution in [0.1, 0.15) is 23.1 Å². The molecule has 1 aliphatic carbocycles. The summed E-state index contributed by atoms with van der Waals surface area (Å²) in [6.45, 7) is 4.16. The molecule has 0 radical (unpaired) electrons. The van der Waals surface area contributed by atoms with Crippen LogP contribution in [0.4, 0.5) is 10.1 Å². The Labute approximate surface area is 163 Å². The predicted octanol–water partition coefficient (Wildman–Crippen LogP) is 4.03. The van der Waals surface area contributed by atoms with Gasteiger partial charge in [-0.05, 0) is 55.5 Å². The average molecular weight is 389 g/mol. The van der Waals surface area contributed by atoms with Crippen molar-refractivity contribution >= 4 is 29.1 Å². The lowest BCUT2D eigenvalue weighted by Crippen LogP contribution is -2.29. The van der Waals surface area contributed by atoms with Crippen molar-refractivity contribution in [1.29, 1.82) is 0 Å². The predicted molar refractivity (Wildman–Crippen MR) is 104 cm³/mol. The average Bonchev–Trinajstić information content (AvgIpc) is 3.40. The van der Waals surface area contributed by atoms with Crippen molar-refractivity contribution in [3.63, 3.8) is 0 Å². The molecule has 4 nitrogen and oxygen atoms in total. The van der Waals surface area contributed by atoms with Gasteiger partial charge in [0.2, 0.25) is 11.8 Å². The molecule has 1 fully saturated rings. The summed E-state index contributed by atoms with van der Waals surface area (Å²) in [6, 6.07) is 10.2. The number of halogens is 2. The van der Waals surface area contributed by atoms with Crippen LogP contribution in [-0.4, -0.2) is 18.4 Å². The summed E-state index contributed by atoms with van der Waals surface area (Å²) in [7, 11) is 0. The Hall–Kier alpha value is -2.40. The van der Waals surface area contributed by atoms with Crippen molar-refractivity contribution < 1.29 is 14.0 Å². The Bertz CT molecular complexity index is 861. The number of carbonyl (C=O) groups excluding carboxylic acids is 2. The van der Waals surface area contributed by atoms with E-state index < -0.39 is 0 Å². The maximum Gasteiger partial charge on any atom is 0.228 e. The molecule has 0 saturated heterocycles. The summed E-state index contributed by atoms with van der Waals surface area (Å²) >= 11 is 6.22. The van der Waals surface area contributed by atoms with E-state index in [9.17, 15) is 14.0 Å². The highest BCUT2D eigenvalue weighted by Gasteiger charge is 2.48. The molecule has 0 heterocycles. The van der Waals surface area contributed by atoms with Crippen LogP contribution in [0.25, 0.3) is 0 Å². The quantitative estimate of drug-likeness (QED) is 0.784. The second kappa shape index (κ2) is 8.09. The first-order valence-corrected chi connectivity index (χ1v) is 9.33. The van der Waals surface area contributed by atoms with Gasteiger partial charge >= 0.3 is 0 Å². The third kappa shape index (κ3) is 4.66. The SMILES string of the molecule is Cc1cc(C)c(NC(=O)C2CC2C(=O)NCCc2ccccc2F)c(Cl)c1. The number of benzene rings is 2. The van der Waals surface area contributed by atoms with Gasteiger partial charge < -0.3 is 10.6 Å². The fraction of sp³-hybridized carbons (Fsp3) is 0.333. The molecule has 0 spiro atoms. The molecule has 6 heteroatoms. The summed E-state index contributed by atoms with van der Waals surface area (Å²) in [4.78, 5) is 24.6. The van der Waals surface area contributed by atoms with E-state index in [-0.39, 0.29) is 29.5 Å². The Morgan fingerprint density at radius 2 is 1.85 bits per heavy atom. The van der Waals surface area contributed by atoms with Crippen LogP contribution >= 0.6 is 11.6 Å². The fourth-order valence-electron chi connectivity index (χ4n) is 3.22. The molecule has 0 aliphatic heterocycles. The van der Waals surface area contributed by atoms with Crippen LogP contribution in [0.15, 0.2) is 36.4 Å². The van der Waals surface area contributed by atoms with Crippen molar-refractivity contribution in [3.8, 4) is 0 Å². The number of carbonyl (C=O) groups is 2. The minimum absolute atomic E-state index is 0.168. The standard InChI is InChI=1S/C21H22ClFN2O2/c1-12-9-13(2)19(17(22)10-12)25-21(27)16-11-15(16)20(26)24-8-7-14-5-3-4-6-18(14)23/h3-6,9-10,15-16H,7-8,11H2,1-2H3,(H,24,26)(H,25,27). The molecular formula is C21H22ClFN2O2. The summed E-state index contributed by atoms with van der Waals surface area (Å²) in [5.41, 5.74) is 3.07. The third-order valence-corrected chi connectivity index (χ3v) is 5.09. The second-order valence-corrected chi connectivity index (χ2v) is 7.42. The number of rotatable bonds is 6. The molecule has 2 aromatic carbocycles. The van der Waals surface area contributed by atoms with Crippen LogP contribution in [0.3, 0.4) is 0 Å². The van der Waals surface area contributed by atoms with E-state index in [0.717, 1.165) is 11.1 Å².